The van der Waals surface area contributed by atoms with Crippen LogP contribution in [0.25, 0.3) is 11.1 Å². The SMILES string of the molecule is CC(CCC(=O)NC(C)CCCC(=O)O)CNC(=O)OCC1c2ccccc2-c2ccccc21. The van der Waals surface area contributed by atoms with Crippen molar-refractivity contribution in [1.29, 1.82) is 0 Å². The first-order valence-corrected chi connectivity index (χ1v) is 11.9. The minimum absolute atomic E-state index is 0.0248. The van der Waals surface area contributed by atoms with Crippen molar-refractivity contribution < 1.29 is 24.2 Å². The van der Waals surface area contributed by atoms with Crippen molar-refractivity contribution in [1.82, 2.24) is 10.6 Å². The van der Waals surface area contributed by atoms with Crippen LogP contribution in [0.4, 0.5) is 4.79 Å². The van der Waals surface area contributed by atoms with E-state index in [0.717, 1.165) is 0 Å². The van der Waals surface area contributed by atoms with Crippen molar-refractivity contribution in [2.75, 3.05) is 13.2 Å². The van der Waals surface area contributed by atoms with Gasteiger partial charge in [0.15, 0.2) is 0 Å². The zero-order valence-electron chi connectivity index (χ0n) is 19.9. The van der Waals surface area contributed by atoms with Crippen molar-refractivity contribution in [2.24, 2.45) is 5.92 Å². The molecule has 3 rings (SSSR count). The molecular weight excluding hydrogens is 432 g/mol. The number of amides is 2. The van der Waals surface area contributed by atoms with Gasteiger partial charge < -0.3 is 20.5 Å². The number of hydrogen-bond donors (Lipinski definition) is 3. The van der Waals surface area contributed by atoms with Crippen LogP contribution < -0.4 is 10.6 Å². The summed E-state index contributed by atoms with van der Waals surface area (Å²) in [4.78, 5) is 35.0. The Morgan fingerprint density at radius 3 is 2.18 bits per heavy atom. The molecule has 2 aromatic rings. The lowest BCUT2D eigenvalue weighted by molar-refractivity contribution is -0.137. The monoisotopic (exact) mass is 466 g/mol. The Balaban J connectivity index is 1.36. The molecule has 182 valence electrons. The number of alkyl carbamates (subject to hydrolysis) is 1. The number of benzene rings is 2. The first-order valence-electron chi connectivity index (χ1n) is 11.9. The minimum atomic E-state index is -0.823. The quantitative estimate of drug-likeness (QED) is 0.421. The molecule has 2 atom stereocenters. The summed E-state index contributed by atoms with van der Waals surface area (Å²) in [6, 6.07) is 16.4. The first kappa shape index (κ1) is 25.3. The fraction of sp³-hybridized carbons (Fsp3) is 0.444. The van der Waals surface area contributed by atoms with Crippen LogP contribution in [0.5, 0.6) is 0 Å². The molecule has 0 aliphatic heterocycles. The highest BCUT2D eigenvalue weighted by Crippen LogP contribution is 2.44. The molecule has 0 saturated heterocycles. The molecule has 0 bridgehead atoms. The third-order valence-corrected chi connectivity index (χ3v) is 6.24. The zero-order valence-corrected chi connectivity index (χ0v) is 19.9. The van der Waals surface area contributed by atoms with Crippen molar-refractivity contribution in [3.63, 3.8) is 0 Å². The molecule has 0 aromatic heterocycles. The van der Waals surface area contributed by atoms with Gasteiger partial charge in [-0.2, -0.15) is 0 Å². The molecule has 2 amide bonds. The number of carbonyl (C=O) groups excluding carboxylic acids is 2. The number of nitrogens with one attached hydrogen (secondary N) is 2. The fourth-order valence-electron chi connectivity index (χ4n) is 4.37. The number of hydrogen-bond acceptors (Lipinski definition) is 4. The van der Waals surface area contributed by atoms with E-state index in [1.165, 1.54) is 22.3 Å². The number of carboxylic acid groups (broad SMARTS) is 1. The predicted molar refractivity (Wildman–Crippen MR) is 131 cm³/mol. The molecule has 1 aliphatic rings. The second-order valence-electron chi connectivity index (χ2n) is 9.10. The van der Waals surface area contributed by atoms with E-state index in [1.807, 2.05) is 38.1 Å². The molecule has 7 nitrogen and oxygen atoms in total. The summed E-state index contributed by atoms with van der Waals surface area (Å²) in [7, 11) is 0. The van der Waals surface area contributed by atoms with Gasteiger partial charge in [-0.1, -0.05) is 55.5 Å². The maximum atomic E-state index is 12.3. The summed E-state index contributed by atoms with van der Waals surface area (Å²) in [5, 5.41) is 14.4. The summed E-state index contributed by atoms with van der Waals surface area (Å²) in [5.74, 6) is -0.739. The van der Waals surface area contributed by atoms with Gasteiger partial charge in [0, 0.05) is 31.3 Å². The summed E-state index contributed by atoms with van der Waals surface area (Å²) >= 11 is 0. The lowest BCUT2D eigenvalue weighted by Crippen LogP contribution is -2.34. The van der Waals surface area contributed by atoms with Crippen LogP contribution in [0.2, 0.25) is 0 Å². The summed E-state index contributed by atoms with van der Waals surface area (Å²) in [6.07, 6.45) is 1.83. The van der Waals surface area contributed by atoms with Crippen LogP contribution in [0.15, 0.2) is 48.5 Å². The molecule has 0 fully saturated rings. The second-order valence-corrected chi connectivity index (χ2v) is 9.10. The third-order valence-electron chi connectivity index (χ3n) is 6.24. The van der Waals surface area contributed by atoms with E-state index >= 15 is 0 Å². The van der Waals surface area contributed by atoms with Gasteiger partial charge in [-0.05, 0) is 54.4 Å². The van der Waals surface area contributed by atoms with Crippen molar-refractivity contribution in [3.8, 4) is 11.1 Å². The highest BCUT2D eigenvalue weighted by Gasteiger charge is 2.29. The summed E-state index contributed by atoms with van der Waals surface area (Å²) in [6.45, 7) is 4.56. The third kappa shape index (κ3) is 7.07. The normalized spacial score (nSPS) is 13.9. The Labute approximate surface area is 200 Å². The van der Waals surface area contributed by atoms with Gasteiger partial charge >= 0.3 is 12.1 Å². The molecule has 1 aliphatic carbocycles. The summed E-state index contributed by atoms with van der Waals surface area (Å²) in [5.41, 5.74) is 4.73. The Bertz CT molecular complexity index is 961. The number of ether oxygens (including phenoxy) is 1. The number of aliphatic carboxylic acids is 1. The minimum Gasteiger partial charge on any atom is -0.481 e. The molecule has 2 unspecified atom stereocenters. The van der Waals surface area contributed by atoms with Gasteiger partial charge in [0.1, 0.15) is 6.61 Å². The maximum absolute atomic E-state index is 12.3. The molecule has 7 heteroatoms. The molecule has 2 aromatic carbocycles. The Morgan fingerprint density at radius 2 is 1.56 bits per heavy atom. The predicted octanol–water partition coefficient (Wildman–Crippen LogP) is 4.70. The second kappa shape index (κ2) is 12.2. The lowest BCUT2D eigenvalue weighted by atomic mass is 9.98. The topological polar surface area (TPSA) is 105 Å². The molecular formula is C27H34N2O5. The average Bonchev–Trinajstić information content (AvgIpc) is 3.13. The van der Waals surface area contributed by atoms with Gasteiger partial charge in [-0.15, -0.1) is 0 Å². The van der Waals surface area contributed by atoms with Gasteiger partial charge in [-0.25, -0.2) is 4.79 Å². The molecule has 0 saturated carbocycles. The van der Waals surface area contributed by atoms with E-state index in [4.69, 9.17) is 9.84 Å². The molecule has 3 N–H and O–H groups in total. The molecule has 0 spiro atoms. The van der Waals surface area contributed by atoms with Crippen LogP contribution in [0, 0.1) is 5.92 Å². The fourth-order valence-corrected chi connectivity index (χ4v) is 4.37. The highest BCUT2D eigenvalue weighted by atomic mass is 16.5. The van der Waals surface area contributed by atoms with Crippen molar-refractivity contribution in [3.05, 3.63) is 59.7 Å². The standard InChI is InChI=1S/C27H34N2O5/c1-18(14-15-25(30)29-19(2)8-7-13-26(31)32)16-28-27(33)34-17-24-22-11-5-3-9-20(22)21-10-4-6-12-23(21)24/h3-6,9-12,18-19,24H,7-8,13-17H2,1-2H3,(H,28,33)(H,29,30)(H,31,32). The number of rotatable bonds is 12. The van der Waals surface area contributed by atoms with E-state index in [9.17, 15) is 14.4 Å². The van der Waals surface area contributed by atoms with Crippen molar-refractivity contribution >= 4 is 18.0 Å². The van der Waals surface area contributed by atoms with E-state index in [0.29, 0.717) is 32.2 Å². The van der Waals surface area contributed by atoms with Crippen LogP contribution >= 0.6 is 0 Å². The highest BCUT2D eigenvalue weighted by molar-refractivity contribution is 5.79. The number of carboxylic acids is 1. The van der Waals surface area contributed by atoms with Gasteiger partial charge in [0.05, 0.1) is 0 Å². The van der Waals surface area contributed by atoms with Gasteiger partial charge in [-0.3, -0.25) is 9.59 Å². The van der Waals surface area contributed by atoms with Crippen LogP contribution in [0.1, 0.15) is 63.0 Å². The van der Waals surface area contributed by atoms with Gasteiger partial charge in [0.2, 0.25) is 5.91 Å². The molecule has 34 heavy (non-hydrogen) atoms. The van der Waals surface area contributed by atoms with Crippen LogP contribution in [-0.4, -0.2) is 42.3 Å². The van der Waals surface area contributed by atoms with Crippen LogP contribution in [-0.2, 0) is 14.3 Å². The average molecular weight is 467 g/mol. The van der Waals surface area contributed by atoms with Crippen LogP contribution in [0.3, 0.4) is 0 Å². The Morgan fingerprint density at radius 1 is 0.941 bits per heavy atom. The van der Waals surface area contributed by atoms with Crippen molar-refractivity contribution in [2.45, 2.75) is 57.9 Å². The Kier molecular flexibility index (Phi) is 9.08. The molecule has 0 heterocycles. The van der Waals surface area contributed by atoms with Gasteiger partial charge in [0.25, 0.3) is 0 Å². The number of fused-ring (bicyclic) bond motifs is 3. The zero-order chi connectivity index (χ0) is 24.5. The summed E-state index contributed by atoms with van der Waals surface area (Å²) < 4.78 is 5.55. The largest absolute Gasteiger partial charge is 0.481 e. The molecule has 0 radical (unpaired) electrons. The first-order chi connectivity index (χ1) is 16.3. The maximum Gasteiger partial charge on any atom is 0.407 e. The number of carbonyl (C=O) groups is 3. The smallest absolute Gasteiger partial charge is 0.407 e. The van der Waals surface area contributed by atoms with E-state index in [-0.39, 0.29) is 36.8 Å². The van der Waals surface area contributed by atoms with E-state index in [2.05, 4.69) is 34.9 Å². The van der Waals surface area contributed by atoms with E-state index in [1.54, 1.807) is 0 Å². The van der Waals surface area contributed by atoms with E-state index < -0.39 is 12.1 Å². The lowest BCUT2D eigenvalue weighted by Gasteiger charge is -2.17. The Hall–Kier alpha value is -3.35.